The van der Waals surface area contributed by atoms with Crippen molar-refractivity contribution in [3.63, 3.8) is 0 Å². The molecule has 1 atom stereocenters. The fourth-order valence-electron chi connectivity index (χ4n) is 2.35. The smallest absolute Gasteiger partial charge is 0.118 e. The van der Waals surface area contributed by atoms with Crippen molar-refractivity contribution in [2.45, 2.75) is 12.8 Å². The summed E-state index contributed by atoms with van der Waals surface area (Å²) in [5, 5.41) is 1.41. The predicted octanol–water partition coefficient (Wildman–Crippen LogP) is 4.36. The van der Waals surface area contributed by atoms with Crippen molar-refractivity contribution in [2.24, 2.45) is 11.7 Å². The van der Waals surface area contributed by atoms with E-state index in [1.54, 1.807) is 7.11 Å². The molecule has 0 spiro atoms. The van der Waals surface area contributed by atoms with Gasteiger partial charge in [-0.1, -0.05) is 41.4 Å². The van der Waals surface area contributed by atoms with Gasteiger partial charge < -0.3 is 10.5 Å². The summed E-state index contributed by atoms with van der Waals surface area (Å²) < 4.78 is 5.17. The SMILES string of the molecule is COc1ccc(CC(CN)Cc2c(Cl)cccc2Cl)cc1. The van der Waals surface area contributed by atoms with E-state index < -0.39 is 0 Å². The molecule has 0 aliphatic carbocycles. The van der Waals surface area contributed by atoms with Gasteiger partial charge in [0.15, 0.2) is 0 Å². The fourth-order valence-corrected chi connectivity index (χ4v) is 2.90. The van der Waals surface area contributed by atoms with Gasteiger partial charge >= 0.3 is 0 Å². The fraction of sp³-hybridized carbons (Fsp3) is 0.294. The molecular weight excluding hydrogens is 305 g/mol. The van der Waals surface area contributed by atoms with E-state index in [4.69, 9.17) is 33.7 Å². The molecular formula is C17H19Cl2NO. The van der Waals surface area contributed by atoms with Crippen molar-refractivity contribution < 1.29 is 4.74 Å². The minimum atomic E-state index is 0.302. The first-order chi connectivity index (χ1) is 10.1. The number of halogens is 2. The van der Waals surface area contributed by atoms with Crippen LogP contribution in [0.4, 0.5) is 0 Å². The lowest BCUT2D eigenvalue weighted by Gasteiger charge is -2.17. The van der Waals surface area contributed by atoms with Gasteiger partial charge in [0.25, 0.3) is 0 Å². The minimum absolute atomic E-state index is 0.302. The van der Waals surface area contributed by atoms with Gasteiger partial charge in [-0.25, -0.2) is 0 Å². The zero-order valence-electron chi connectivity index (χ0n) is 12.0. The number of hydrogen-bond acceptors (Lipinski definition) is 2. The number of methoxy groups -OCH3 is 1. The molecule has 2 N–H and O–H groups in total. The molecule has 0 aromatic heterocycles. The van der Waals surface area contributed by atoms with Crippen molar-refractivity contribution in [2.75, 3.05) is 13.7 Å². The van der Waals surface area contributed by atoms with Crippen LogP contribution in [0, 0.1) is 5.92 Å². The van der Waals surface area contributed by atoms with Crippen LogP contribution in [0.15, 0.2) is 42.5 Å². The maximum atomic E-state index is 6.23. The average molecular weight is 324 g/mol. The van der Waals surface area contributed by atoms with Gasteiger partial charge in [0.2, 0.25) is 0 Å². The van der Waals surface area contributed by atoms with Gasteiger partial charge in [-0.05, 0) is 60.7 Å². The average Bonchev–Trinajstić information content (AvgIpc) is 2.50. The zero-order chi connectivity index (χ0) is 15.2. The molecule has 2 aromatic carbocycles. The van der Waals surface area contributed by atoms with Crippen molar-refractivity contribution in [3.05, 3.63) is 63.6 Å². The third-order valence-electron chi connectivity index (χ3n) is 3.57. The highest BCUT2D eigenvalue weighted by molar-refractivity contribution is 6.35. The summed E-state index contributed by atoms with van der Waals surface area (Å²) in [6.07, 6.45) is 1.67. The first-order valence-corrected chi connectivity index (χ1v) is 7.65. The van der Waals surface area contributed by atoms with E-state index in [1.165, 1.54) is 5.56 Å². The first kappa shape index (κ1) is 16.2. The zero-order valence-corrected chi connectivity index (χ0v) is 13.5. The Morgan fingerprint density at radius 1 is 1.00 bits per heavy atom. The lowest BCUT2D eigenvalue weighted by Crippen LogP contribution is -2.19. The molecule has 0 aliphatic heterocycles. The number of benzene rings is 2. The minimum Gasteiger partial charge on any atom is -0.497 e. The van der Waals surface area contributed by atoms with Crippen molar-refractivity contribution in [3.8, 4) is 5.75 Å². The Labute approximate surface area is 135 Å². The third-order valence-corrected chi connectivity index (χ3v) is 4.28. The molecule has 2 nitrogen and oxygen atoms in total. The van der Waals surface area contributed by atoms with Crippen LogP contribution in [0.1, 0.15) is 11.1 Å². The van der Waals surface area contributed by atoms with Crippen molar-refractivity contribution >= 4 is 23.2 Å². The molecule has 2 aromatic rings. The highest BCUT2D eigenvalue weighted by Crippen LogP contribution is 2.28. The molecule has 0 aliphatic rings. The lowest BCUT2D eigenvalue weighted by molar-refractivity contribution is 0.414. The van der Waals surface area contributed by atoms with Gasteiger partial charge in [0, 0.05) is 10.0 Å². The Kier molecular flexibility index (Phi) is 5.92. The maximum Gasteiger partial charge on any atom is 0.118 e. The monoisotopic (exact) mass is 323 g/mol. The van der Waals surface area contributed by atoms with Crippen LogP contribution < -0.4 is 10.5 Å². The van der Waals surface area contributed by atoms with E-state index in [2.05, 4.69) is 12.1 Å². The highest BCUT2D eigenvalue weighted by atomic mass is 35.5. The molecule has 2 rings (SSSR count). The molecule has 0 fully saturated rings. The summed E-state index contributed by atoms with van der Waals surface area (Å²) in [4.78, 5) is 0. The van der Waals surface area contributed by atoms with E-state index in [0.717, 1.165) is 24.2 Å². The summed E-state index contributed by atoms with van der Waals surface area (Å²) in [6.45, 7) is 0.591. The molecule has 0 radical (unpaired) electrons. The normalized spacial score (nSPS) is 12.2. The number of rotatable bonds is 6. The maximum absolute atomic E-state index is 6.23. The van der Waals surface area contributed by atoms with Crippen LogP contribution >= 0.6 is 23.2 Å². The van der Waals surface area contributed by atoms with E-state index in [0.29, 0.717) is 22.5 Å². The molecule has 0 saturated carbocycles. The second-order valence-electron chi connectivity index (χ2n) is 5.06. The summed E-state index contributed by atoms with van der Waals surface area (Å²) in [5.74, 6) is 1.16. The Bertz CT molecular complexity index is 564. The second-order valence-corrected chi connectivity index (χ2v) is 5.87. The van der Waals surface area contributed by atoms with Crippen molar-refractivity contribution in [1.29, 1.82) is 0 Å². The van der Waals surface area contributed by atoms with Gasteiger partial charge in [0.1, 0.15) is 5.75 Å². The quantitative estimate of drug-likeness (QED) is 0.857. The second kappa shape index (κ2) is 7.69. The summed E-state index contributed by atoms with van der Waals surface area (Å²) >= 11 is 12.5. The largest absolute Gasteiger partial charge is 0.497 e. The Balaban J connectivity index is 2.09. The van der Waals surface area contributed by atoms with Crippen LogP contribution in [0.3, 0.4) is 0 Å². The molecule has 1 unspecified atom stereocenters. The van der Waals surface area contributed by atoms with Gasteiger partial charge in [-0.15, -0.1) is 0 Å². The molecule has 0 amide bonds. The molecule has 21 heavy (non-hydrogen) atoms. The summed E-state index contributed by atoms with van der Waals surface area (Å²) in [7, 11) is 1.66. The molecule has 0 bridgehead atoms. The van der Waals surface area contributed by atoms with E-state index in [-0.39, 0.29) is 0 Å². The standard InChI is InChI=1S/C17H19Cl2NO/c1-21-14-7-5-12(6-8-14)9-13(11-20)10-15-16(18)3-2-4-17(15)19/h2-8,13H,9-11,20H2,1H3. The van der Waals surface area contributed by atoms with Crippen LogP contribution in [0.25, 0.3) is 0 Å². The third kappa shape index (κ3) is 4.37. The van der Waals surface area contributed by atoms with Gasteiger partial charge in [-0.3, -0.25) is 0 Å². The summed E-state index contributed by atoms with van der Waals surface area (Å²) in [5.41, 5.74) is 8.12. The van der Waals surface area contributed by atoms with Crippen LogP contribution in [-0.2, 0) is 12.8 Å². The number of nitrogens with two attached hydrogens (primary N) is 1. The number of hydrogen-bond donors (Lipinski definition) is 1. The molecule has 0 heterocycles. The molecule has 112 valence electrons. The molecule has 0 saturated heterocycles. The first-order valence-electron chi connectivity index (χ1n) is 6.90. The van der Waals surface area contributed by atoms with Crippen molar-refractivity contribution in [1.82, 2.24) is 0 Å². The van der Waals surface area contributed by atoms with Crippen LogP contribution in [0.2, 0.25) is 10.0 Å². The number of ether oxygens (including phenoxy) is 1. The summed E-state index contributed by atoms with van der Waals surface area (Å²) in [6, 6.07) is 13.6. The van der Waals surface area contributed by atoms with E-state index in [1.807, 2.05) is 30.3 Å². The van der Waals surface area contributed by atoms with Gasteiger partial charge in [0.05, 0.1) is 7.11 Å². The Morgan fingerprint density at radius 3 is 2.14 bits per heavy atom. The predicted molar refractivity (Wildman–Crippen MR) is 89.4 cm³/mol. The topological polar surface area (TPSA) is 35.2 Å². The highest BCUT2D eigenvalue weighted by Gasteiger charge is 2.14. The molecule has 4 heteroatoms. The van der Waals surface area contributed by atoms with E-state index in [9.17, 15) is 0 Å². The van der Waals surface area contributed by atoms with Crippen LogP contribution in [0.5, 0.6) is 5.75 Å². The Hall–Kier alpha value is -1.22. The van der Waals surface area contributed by atoms with E-state index >= 15 is 0 Å². The lowest BCUT2D eigenvalue weighted by atomic mass is 9.92. The Morgan fingerprint density at radius 2 is 1.62 bits per heavy atom. The van der Waals surface area contributed by atoms with Gasteiger partial charge in [-0.2, -0.15) is 0 Å². The van der Waals surface area contributed by atoms with Crippen LogP contribution in [-0.4, -0.2) is 13.7 Å².